The summed E-state index contributed by atoms with van der Waals surface area (Å²) in [6, 6.07) is 0. The maximum atomic E-state index is 9.44. The third-order valence-electron chi connectivity index (χ3n) is 0. The molecule has 0 atom stereocenters. The van der Waals surface area contributed by atoms with Gasteiger partial charge in [0.1, 0.15) is 11.6 Å². The first-order chi connectivity index (χ1) is 6.93. The number of rotatable bonds is 0. The Morgan fingerprint density at radius 1 is 0.875 bits per heavy atom. The smallest absolute Gasteiger partial charge is 0.126 e. The average molecular weight is 231 g/mol. The lowest BCUT2D eigenvalue weighted by Gasteiger charge is -1.92. The first-order valence-corrected chi connectivity index (χ1v) is 4.54. The monoisotopic (exact) mass is 231 g/mol. The van der Waals surface area contributed by atoms with Gasteiger partial charge in [-0.05, 0) is 34.6 Å². The van der Waals surface area contributed by atoms with E-state index in [1.165, 1.54) is 41.5 Å². The fourth-order valence-electron chi connectivity index (χ4n) is 0. The third-order valence-corrected chi connectivity index (χ3v) is 0. The van der Waals surface area contributed by atoms with Crippen molar-refractivity contribution in [3.05, 3.63) is 24.7 Å². The molecule has 0 bridgehead atoms. The molecule has 0 aliphatic heterocycles. The van der Waals surface area contributed by atoms with Crippen molar-refractivity contribution in [3.8, 4) is 0 Å². The molecule has 0 aromatic carbocycles. The van der Waals surface area contributed by atoms with Crippen molar-refractivity contribution < 1.29 is 19.8 Å². The van der Waals surface area contributed by atoms with Crippen LogP contribution in [0.4, 0.5) is 0 Å². The van der Waals surface area contributed by atoms with Crippen molar-refractivity contribution in [1.82, 2.24) is 0 Å². The molecule has 0 aromatic rings. The van der Waals surface area contributed by atoms with E-state index in [0.717, 1.165) is 0 Å². The third kappa shape index (κ3) is 649. The molecule has 0 fully saturated rings. The van der Waals surface area contributed by atoms with Crippen molar-refractivity contribution in [3.63, 3.8) is 0 Å². The molecule has 0 spiro atoms. The largest absolute Gasteiger partial charge is 0.876 e. The summed E-state index contributed by atoms with van der Waals surface area (Å²) >= 11 is 0. The van der Waals surface area contributed by atoms with Crippen LogP contribution in [0.1, 0.15) is 41.5 Å². The van der Waals surface area contributed by atoms with Gasteiger partial charge >= 0.3 is 0 Å². The normalized spacial score (nSPS) is 6.38. The van der Waals surface area contributed by atoms with Gasteiger partial charge in [-0.25, -0.2) is 0 Å². The van der Waals surface area contributed by atoms with Crippen LogP contribution in [0.3, 0.4) is 0 Å². The van der Waals surface area contributed by atoms with E-state index >= 15 is 0 Å². The molecule has 0 rings (SSSR count). The molecule has 16 heavy (non-hydrogen) atoms. The van der Waals surface area contributed by atoms with Gasteiger partial charge in [-0.1, -0.05) is 13.5 Å². The number of hydrogen-bond acceptors (Lipinski definition) is 4. The number of carbonyl (C=O) groups excluding carboxylic acids is 2. The van der Waals surface area contributed by atoms with E-state index < -0.39 is 0 Å². The lowest BCUT2D eigenvalue weighted by Crippen LogP contribution is -1.92. The Balaban J connectivity index is -0.0000000600. The Hall–Kier alpha value is -1.58. The fraction of sp³-hybridized carbons (Fsp3) is 0.500. The minimum Gasteiger partial charge on any atom is -0.876 e. The van der Waals surface area contributed by atoms with Gasteiger partial charge in [-0.2, -0.15) is 0 Å². The maximum Gasteiger partial charge on any atom is 0.126 e. The van der Waals surface area contributed by atoms with E-state index in [4.69, 9.17) is 5.11 Å². The van der Waals surface area contributed by atoms with Gasteiger partial charge in [-0.15, -0.1) is 12.3 Å². The van der Waals surface area contributed by atoms with E-state index in [1.807, 2.05) is 0 Å². The molecule has 0 saturated carbocycles. The highest BCUT2D eigenvalue weighted by Gasteiger charge is 1.62. The minimum atomic E-state index is -0.0833. The Bertz CT molecular complexity index is 153. The van der Waals surface area contributed by atoms with E-state index in [1.54, 1.807) is 0 Å². The predicted octanol–water partition coefficient (Wildman–Crippen LogP) is 2.15. The van der Waals surface area contributed by atoms with Gasteiger partial charge in [0.05, 0.1) is 5.76 Å². The highest BCUT2D eigenvalue weighted by molar-refractivity contribution is 5.72. The van der Waals surface area contributed by atoms with Crippen LogP contribution in [-0.4, -0.2) is 16.7 Å². The van der Waals surface area contributed by atoms with Crippen LogP contribution in [-0.2, 0) is 9.59 Å². The topological polar surface area (TPSA) is 77.4 Å². The summed E-state index contributed by atoms with van der Waals surface area (Å²) < 4.78 is 0. The molecule has 0 aliphatic rings. The molecule has 0 unspecified atom stereocenters. The van der Waals surface area contributed by atoms with Gasteiger partial charge in [0.25, 0.3) is 0 Å². The predicted molar refractivity (Wildman–Crippen MR) is 65.0 cm³/mol. The Morgan fingerprint density at radius 3 is 0.875 bits per heavy atom. The standard InChI is InChI=1S/4C3H6O/c4*1-3(2)4/h2*1-2H3;2*4H,1H2,2H3/p-1. The fourth-order valence-corrected chi connectivity index (χ4v) is 0. The van der Waals surface area contributed by atoms with Crippen LogP contribution in [0.25, 0.3) is 0 Å². The summed E-state index contributed by atoms with van der Waals surface area (Å²) in [4.78, 5) is 18.9. The van der Waals surface area contributed by atoms with Crippen molar-refractivity contribution in [2.24, 2.45) is 0 Å². The summed E-state index contributed by atoms with van der Waals surface area (Å²) in [6.45, 7) is 15.2. The van der Waals surface area contributed by atoms with E-state index in [2.05, 4.69) is 13.2 Å². The molecule has 0 amide bonds. The zero-order valence-corrected chi connectivity index (χ0v) is 11.1. The summed E-state index contributed by atoms with van der Waals surface area (Å²) in [5, 5.41) is 17.2. The van der Waals surface area contributed by atoms with Gasteiger partial charge < -0.3 is 19.8 Å². The molecule has 96 valence electrons. The number of ketones is 2. The molecule has 0 saturated heterocycles. The zero-order valence-electron chi connectivity index (χ0n) is 11.1. The van der Waals surface area contributed by atoms with Crippen molar-refractivity contribution in [2.45, 2.75) is 41.5 Å². The van der Waals surface area contributed by atoms with Crippen LogP contribution in [0, 0.1) is 0 Å². The first-order valence-electron chi connectivity index (χ1n) is 4.54. The van der Waals surface area contributed by atoms with Gasteiger partial charge in [0.15, 0.2) is 0 Å². The first kappa shape index (κ1) is 23.9. The van der Waals surface area contributed by atoms with E-state index in [0.29, 0.717) is 0 Å². The van der Waals surface area contributed by atoms with Crippen LogP contribution in [0.15, 0.2) is 24.7 Å². The Morgan fingerprint density at radius 2 is 0.875 bits per heavy atom. The number of aliphatic hydroxyl groups excluding tert-OH is 1. The second-order valence-corrected chi connectivity index (χ2v) is 3.25. The van der Waals surface area contributed by atoms with Crippen LogP contribution >= 0.6 is 0 Å². The minimum absolute atomic E-state index is 0.0833. The summed E-state index contributed by atoms with van der Waals surface area (Å²) in [5.74, 6) is 0.417. The average Bonchev–Trinajstić information content (AvgIpc) is 1.76. The molecular weight excluding hydrogens is 208 g/mol. The molecule has 4 heteroatoms. The number of allylic oxidation sites excluding steroid dienone is 2. The van der Waals surface area contributed by atoms with E-state index in [-0.39, 0.29) is 23.1 Å². The number of aliphatic hydroxyl groups is 1. The molecule has 4 nitrogen and oxygen atoms in total. The highest BCUT2D eigenvalue weighted by atomic mass is 16.3. The molecule has 0 aromatic heterocycles. The molecule has 0 heterocycles. The van der Waals surface area contributed by atoms with Crippen molar-refractivity contribution in [1.29, 1.82) is 0 Å². The van der Waals surface area contributed by atoms with Gasteiger partial charge in [-0.3, -0.25) is 0 Å². The lowest BCUT2D eigenvalue weighted by atomic mass is 10.6. The van der Waals surface area contributed by atoms with Crippen LogP contribution in [0.5, 0.6) is 0 Å². The second-order valence-electron chi connectivity index (χ2n) is 3.25. The lowest BCUT2D eigenvalue weighted by molar-refractivity contribution is -0.300. The van der Waals surface area contributed by atoms with Gasteiger partial charge in [0.2, 0.25) is 0 Å². The second kappa shape index (κ2) is 19.1. The summed E-state index contributed by atoms with van der Waals surface area (Å²) in [7, 11) is 0. The number of hydrogen-bond donors (Lipinski definition) is 1. The molecule has 1 N–H and O–H groups in total. The molecule has 0 aliphatic carbocycles. The number of carbonyl (C=O) groups is 2. The highest BCUT2D eigenvalue weighted by Crippen LogP contribution is 1.66. The van der Waals surface area contributed by atoms with Crippen molar-refractivity contribution in [2.75, 3.05) is 0 Å². The van der Waals surface area contributed by atoms with E-state index in [9.17, 15) is 14.7 Å². The maximum absolute atomic E-state index is 9.44. The summed E-state index contributed by atoms with van der Waals surface area (Å²) in [5.41, 5.74) is 0. The number of Topliss-reactive ketones (excluding diaryl/α,β-unsaturated/α-hetero) is 2. The van der Waals surface area contributed by atoms with Gasteiger partial charge in [0, 0.05) is 0 Å². The SMILES string of the molecule is C=C(C)O.C=C(C)[O-].CC(C)=O.CC(C)=O. The summed E-state index contributed by atoms with van der Waals surface area (Å²) in [6.07, 6.45) is 0. The molecular formula is C12H23O4-. The Labute approximate surface area is 98.3 Å². The quantitative estimate of drug-likeness (QED) is 0.648. The van der Waals surface area contributed by atoms with Crippen LogP contribution < -0.4 is 5.11 Å². The van der Waals surface area contributed by atoms with Crippen molar-refractivity contribution >= 4 is 11.6 Å². The van der Waals surface area contributed by atoms with Crippen LogP contribution in [0.2, 0.25) is 0 Å². The molecule has 0 radical (unpaired) electrons. The zero-order chi connectivity index (χ0) is 14.3. The Kier molecular flexibility index (Phi) is 28.5.